The second-order valence-corrected chi connectivity index (χ2v) is 4.96. The molecule has 134 valence electrons. The quantitative estimate of drug-likeness (QED) is 0.559. The zero-order valence-electron chi connectivity index (χ0n) is 13.5. The van der Waals surface area contributed by atoms with E-state index in [4.69, 9.17) is 21.6 Å². The van der Waals surface area contributed by atoms with E-state index in [1.54, 1.807) is 0 Å². The van der Waals surface area contributed by atoms with E-state index in [1.807, 2.05) is 4.98 Å². The number of methoxy groups -OCH3 is 1. The van der Waals surface area contributed by atoms with Gasteiger partial charge in [-0.15, -0.1) is 6.42 Å². The lowest BCUT2D eigenvalue weighted by atomic mass is 9.94. The molecule has 0 atom stereocenters. The lowest BCUT2D eigenvalue weighted by molar-refractivity contribution is 0.0695. The summed E-state index contributed by atoms with van der Waals surface area (Å²) in [6.45, 7) is -0.164. The van der Waals surface area contributed by atoms with Gasteiger partial charge >= 0.3 is 11.9 Å². The summed E-state index contributed by atoms with van der Waals surface area (Å²) in [6, 6.07) is 4.26. The molecule has 5 N–H and O–H groups in total. The summed E-state index contributed by atoms with van der Waals surface area (Å²) in [4.78, 5) is 37.5. The van der Waals surface area contributed by atoms with E-state index in [1.165, 1.54) is 25.3 Å². The number of nitrogens with two attached hydrogens (primary N) is 1. The zero-order chi connectivity index (χ0) is 19.4. The summed E-state index contributed by atoms with van der Waals surface area (Å²) in [5.74, 6) is -1.06. The number of aromatic nitrogens is 1. The van der Waals surface area contributed by atoms with E-state index in [0.29, 0.717) is 0 Å². The molecule has 9 heteroatoms. The van der Waals surface area contributed by atoms with Crippen LogP contribution in [0.15, 0.2) is 23.0 Å². The molecule has 9 nitrogen and oxygen atoms in total. The molecule has 0 radical (unpaired) electrons. The average Bonchev–Trinajstić information content (AvgIpc) is 2.58. The molecular weight excluding hydrogens is 344 g/mol. The Bertz CT molecular complexity index is 986. The monoisotopic (exact) mass is 358 g/mol. The number of carboxylic acid groups (broad SMARTS) is 2. The van der Waals surface area contributed by atoms with Crippen molar-refractivity contribution in [3.63, 3.8) is 0 Å². The number of nitrogens with one attached hydrogen (secondary N) is 1. The van der Waals surface area contributed by atoms with Crippen LogP contribution >= 0.6 is 0 Å². The smallest absolute Gasteiger partial charge is 0.342 e. The number of H-pyrrole nitrogens is 1. The van der Waals surface area contributed by atoms with Crippen LogP contribution in [0.4, 0.5) is 5.82 Å². The van der Waals surface area contributed by atoms with Gasteiger partial charge < -0.3 is 30.4 Å². The maximum absolute atomic E-state index is 12.1. The number of carbonyl (C=O) groups is 2. The summed E-state index contributed by atoms with van der Waals surface area (Å²) in [7, 11) is 1.36. The highest BCUT2D eigenvalue weighted by molar-refractivity contribution is 6.08. The molecule has 1 aromatic heterocycles. The number of aromatic amines is 1. The van der Waals surface area contributed by atoms with Gasteiger partial charge in [0.05, 0.1) is 7.11 Å². The first-order valence-corrected chi connectivity index (χ1v) is 7.08. The third-order valence-electron chi connectivity index (χ3n) is 3.44. The zero-order valence-corrected chi connectivity index (χ0v) is 13.5. The van der Waals surface area contributed by atoms with Gasteiger partial charge in [-0.1, -0.05) is 5.92 Å². The summed E-state index contributed by atoms with van der Waals surface area (Å²) >= 11 is 0. The van der Waals surface area contributed by atoms with Crippen LogP contribution in [0, 0.1) is 12.3 Å². The number of nitrogen functional groups attached to an aromatic ring is 1. The molecule has 26 heavy (non-hydrogen) atoms. The molecule has 0 spiro atoms. The Balaban J connectivity index is 2.99. The van der Waals surface area contributed by atoms with Gasteiger partial charge in [0, 0.05) is 11.1 Å². The molecule has 0 aliphatic carbocycles. The molecule has 0 fully saturated rings. The van der Waals surface area contributed by atoms with Crippen molar-refractivity contribution in [3.05, 3.63) is 39.7 Å². The molecule has 0 aliphatic heterocycles. The maximum atomic E-state index is 12.1. The van der Waals surface area contributed by atoms with Gasteiger partial charge in [-0.25, -0.2) is 9.59 Å². The molecule has 1 aromatic carbocycles. The van der Waals surface area contributed by atoms with E-state index < -0.39 is 40.0 Å². The van der Waals surface area contributed by atoms with Crippen LogP contribution in [-0.2, 0) is 0 Å². The van der Waals surface area contributed by atoms with Crippen molar-refractivity contribution in [1.29, 1.82) is 0 Å². The third-order valence-corrected chi connectivity index (χ3v) is 3.44. The minimum absolute atomic E-state index is 0.00722. The molecular formula is C17H14N2O7. The predicted octanol–water partition coefficient (Wildman–Crippen LogP) is 1.04. The van der Waals surface area contributed by atoms with Crippen molar-refractivity contribution in [1.82, 2.24) is 4.98 Å². The molecule has 2 rings (SSSR count). The Morgan fingerprint density at radius 2 is 1.92 bits per heavy atom. The average molecular weight is 358 g/mol. The first-order valence-electron chi connectivity index (χ1n) is 7.08. The Kier molecular flexibility index (Phi) is 5.18. The second kappa shape index (κ2) is 7.31. The number of aromatic carboxylic acids is 2. The number of hydrogen-bond acceptors (Lipinski definition) is 6. The summed E-state index contributed by atoms with van der Waals surface area (Å²) in [5, 5.41) is 18.9. The Hall–Kier alpha value is -3.93. The fourth-order valence-electron chi connectivity index (χ4n) is 2.39. The van der Waals surface area contributed by atoms with Gasteiger partial charge in [-0.2, -0.15) is 0 Å². The molecule has 0 saturated carbocycles. The van der Waals surface area contributed by atoms with Crippen LogP contribution in [0.2, 0.25) is 0 Å². The van der Waals surface area contributed by atoms with Crippen LogP contribution in [0.25, 0.3) is 11.1 Å². The van der Waals surface area contributed by atoms with Gasteiger partial charge in [-0.3, -0.25) is 4.79 Å². The topological polar surface area (TPSA) is 152 Å². The second-order valence-electron chi connectivity index (χ2n) is 4.96. The van der Waals surface area contributed by atoms with E-state index in [-0.39, 0.29) is 23.7 Å². The maximum Gasteiger partial charge on any atom is 0.342 e. The van der Waals surface area contributed by atoms with Crippen molar-refractivity contribution < 1.29 is 29.3 Å². The van der Waals surface area contributed by atoms with Crippen LogP contribution in [0.3, 0.4) is 0 Å². The van der Waals surface area contributed by atoms with Crippen LogP contribution in [-0.4, -0.2) is 40.9 Å². The highest BCUT2D eigenvalue weighted by atomic mass is 16.5. The summed E-state index contributed by atoms with van der Waals surface area (Å²) in [5.41, 5.74) is 2.77. The van der Waals surface area contributed by atoms with Crippen molar-refractivity contribution in [2.75, 3.05) is 19.5 Å². The largest absolute Gasteiger partial charge is 0.497 e. The highest BCUT2D eigenvalue weighted by Gasteiger charge is 2.28. The van der Waals surface area contributed by atoms with Gasteiger partial charge in [0.25, 0.3) is 5.56 Å². The van der Waals surface area contributed by atoms with Crippen molar-refractivity contribution in [2.24, 2.45) is 0 Å². The van der Waals surface area contributed by atoms with Gasteiger partial charge in [0.1, 0.15) is 35.1 Å². The first-order chi connectivity index (χ1) is 12.3. The number of carboxylic acids is 2. The lowest BCUT2D eigenvalue weighted by Crippen LogP contribution is -2.24. The molecule has 0 amide bonds. The lowest BCUT2D eigenvalue weighted by Gasteiger charge is -2.16. The van der Waals surface area contributed by atoms with Gasteiger partial charge in [-0.05, 0) is 18.2 Å². The van der Waals surface area contributed by atoms with E-state index >= 15 is 0 Å². The Morgan fingerprint density at radius 3 is 2.46 bits per heavy atom. The van der Waals surface area contributed by atoms with Crippen LogP contribution < -0.4 is 20.8 Å². The van der Waals surface area contributed by atoms with E-state index in [9.17, 15) is 24.6 Å². The number of benzene rings is 1. The number of ether oxygens (including phenoxy) is 2. The first kappa shape index (κ1) is 18.4. The fourth-order valence-corrected chi connectivity index (χ4v) is 2.39. The van der Waals surface area contributed by atoms with E-state index in [2.05, 4.69) is 5.92 Å². The van der Waals surface area contributed by atoms with Gasteiger partial charge in [0.2, 0.25) is 0 Å². The molecule has 0 aliphatic rings. The standard InChI is InChI=1S/C17H14N2O7/c1-3-6-26-10-5-4-8(25-2)7-9(10)11-12(16(21)22)14(18)19-15(20)13(11)17(23)24/h1,4-5,7H,6H2,2H3,(H,21,22)(H,23,24)(H3,18,19,20). The highest BCUT2D eigenvalue weighted by Crippen LogP contribution is 2.38. The minimum atomic E-state index is -1.63. The fraction of sp³-hybridized carbons (Fsp3) is 0.118. The number of rotatable bonds is 6. The SMILES string of the molecule is C#CCOc1ccc(OC)cc1-c1c(C(=O)O)c(N)[nH]c(=O)c1C(=O)O. The summed E-state index contributed by atoms with van der Waals surface area (Å²) in [6.07, 6.45) is 5.16. The minimum Gasteiger partial charge on any atom is -0.497 e. The normalized spacial score (nSPS) is 10.0. The predicted molar refractivity (Wildman–Crippen MR) is 91.7 cm³/mol. The summed E-state index contributed by atoms with van der Waals surface area (Å²) < 4.78 is 10.4. The third kappa shape index (κ3) is 3.29. The van der Waals surface area contributed by atoms with Gasteiger partial charge in [0.15, 0.2) is 0 Å². The van der Waals surface area contributed by atoms with Crippen LogP contribution in [0.5, 0.6) is 11.5 Å². The van der Waals surface area contributed by atoms with Crippen molar-refractivity contribution in [3.8, 4) is 35.0 Å². The molecule has 2 aromatic rings. The molecule has 0 bridgehead atoms. The molecule has 1 heterocycles. The van der Waals surface area contributed by atoms with Crippen molar-refractivity contribution >= 4 is 17.8 Å². The number of terminal acetylenes is 1. The molecule has 0 unspecified atom stereocenters. The number of pyridine rings is 1. The van der Waals surface area contributed by atoms with E-state index in [0.717, 1.165) is 0 Å². The van der Waals surface area contributed by atoms with Crippen molar-refractivity contribution in [2.45, 2.75) is 0 Å². The Labute approximate surface area is 147 Å². The number of hydrogen-bond donors (Lipinski definition) is 4. The van der Waals surface area contributed by atoms with Crippen LogP contribution in [0.1, 0.15) is 20.7 Å². The number of anilines is 1. The molecule has 0 saturated heterocycles. The Morgan fingerprint density at radius 1 is 1.27 bits per heavy atom.